The van der Waals surface area contributed by atoms with E-state index in [0.29, 0.717) is 23.1 Å². The number of thiocarbonyl (C=S) groups is 1. The molecular formula is C17H19ClN2O2S3. The number of benzene rings is 1. The van der Waals surface area contributed by atoms with Crippen LogP contribution in [0.4, 0.5) is 5.69 Å². The fourth-order valence-corrected chi connectivity index (χ4v) is 5.82. The molecule has 8 heteroatoms. The van der Waals surface area contributed by atoms with E-state index in [1.807, 2.05) is 47.5 Å². The summed E-state index contributed by atoms with van der Waals surface area (Å²) in [6.07, 6.45) is 0.601. The Morgan fingerprint density at radius 2 is 2.20 bits per heavy atom. The summed E-state index contributed by atoms with van der Waals surface area (Å²) < 4.78 is 23.8. The van der Waals surface area contributed by atoms with Gasteiger partial charge in [-0.05, 0) is 54.7 Å². The summed E-state index contributed by atoms with van der Waals surface area (Å²) in [6.45, 7) is 2.53. The number of hydrogen-bond donors (Lipinski definition) is 1. The minimum absolute atomic E-state index is 0.105. The maximum Gasteiger partial charge on any atom is 0.174 e. The van der Waals surface area contributed by atoms with E-state index in [-0.39, 0.29) is 17.5 Å². The highest BCUT2D eigenvalue weighted by Crippen LogP contribution is 2.26. The van der Waals surface area contributed by atoms with Crippen LogP contribution in [0, 0.1) is 6.92 Å². The summed E-state index contributed by atoms with van der Waals surface area (Å²) in [4.78, 5) is 3.14. The zero-order valence-corrected chi connectivity index (χ0v) is 16.9. The standard InChI is InChI=1S/C17H19ClN2O2S3/c1-12-15(18)5-2-6-16(12)19-17(23)20(10-14-4-3-8-24-14)13-7-9-25(21,22)11-13/h2-6,8,13H,7,9-11H2,1H3,(H,19,23)/t13-/m1/s1. The highest BCUT2D eigenvalue weighted by molar-refractivity contribution is 7.91. The lowest BCUT2D eigenvalue weighted by atomic mass is 10.2. The zero-order valence-electron chi connectivity index (χ0n) is 13.7. The first-order valence-corrected chi connectivity index (χ1v) is 11.4. The van der Waals surface area contributed by atoms with Crippen LogP contribution in [0.25, 0.3) is 0 Å². The van der Waals surface area contributed by atoms with Crippen molar-refractivity contribution in [3.63, 3.8) is 0 Å². The molecule has 1 N–H and O–H groups in total. The van der Waals surface area contributed by atoms with Gasteiger partial charge in [0.05, 0.1) is 18.1 Å². The van der Waals surface area contributed by atoms with Gasteiger partial charge >= 0.3 is 0 Å². The van der Waals surface area contributed by atoms with E-state index in [4.69, 9.17) is 23.8 Å². The lowest BCUT2D eigenvalue weighted by Gasteiger charge is -2.31. The summed E-state index contributed by atoms with van der Waals surface area (Å²) in [5.74, 6) is 0.367. The molecule has 1 atom stereocenters. The van der Waals surface area contributed by atoms with Crippen molar-refractivity contribution >= 4 is 55.8 Å². The Hall–Kier alpha value is -1.15. The predicted octanol–water partition coefficient (Wildman–Crippen LogP) is 4.10. The van der Waals surface area contributed by atoms with Gasteiger partial charge in [-0.15, -0.1) is 11.3 Å². The molecule has 0 unspecified atom stereocenters. The van der Waals surface area contributed by atoms with Gasteiger partial charge in [-0.25, -0.2) is 8.42 Å². The first-order valence-electron chi connectivity index (χ1n) is 7.91. The Morgan fingerprint density at radius 3 is 2.84 bits per heavy atom. The van der Waals surface area contributed by atoms with Crippen LogP contribution < -0.4 is 5.32 Å². The summed E-state index contributed by atoms with van der Waals surface area (Å²) >= 11 is 13.4. The van der Waals surface area contributed by atoms with Crippen LogP contribution in [0.3, 0.4) is 0 Å². The Kier molecular flexibility index (Phi) is 5.68. The molecule has 0 radical (unpaired) electrons. The molecule has 1 aromatic heterocycles. The fourth-order valence-electron chi connectivity index (χ4n) is 2.89. The summed E-state index contributed by atoms with van der Waals surface area (Å²) in [5.41, 5.74) is 1.76. The third-order valence-corrected chi connectivity index (χ3v) is 7.68. The van der Waals surface area contributed by atoms with Crippen molar-refractivity contribution in [2.24, 2.45) is 0 Å². The van der Waals surface area contributed by atoms with Crippen molar-refractivity contribution in [2.45, 2.75) is 25.9 Å². The third-order valence-electron chi connectivity index (χ3n) is 4.33. The summed E-state index contributed by atoms with van der Waals surface area (Å²) in [7, 11) is -2.99. The van der Waals surface area contributed by atoms with Crippen molar-refractivity contribution in [3.05, 3.63) is 51.2 Å². The zero-order chi connectivity index (χ0) is 18.0. The third kappa shape index (κ3) is 4.53. The molecular weight excluding hydrogens is 396 g/mol. The van der Waals surface area contributed by atoms with E-state index in [2.05, 4.69) is 5.32 Å². The molecule has 3 rings (SSSR count). The quantitative estimate of drug-likeness (QED) is 0.763. The normalized spacial score (nSPS) is 18.9. The van der Waals surface area contributed by atoms with E-state index in [1.165, 1.54) is 0 Å². The largest absolute Gasteiger partial charge is 0.340 e. The van der Waals surface area contributed by atoms with Gasteiger partial charge in [0.2, 0.25) is 0 Å². The SMILES string of the molecule is Cc1c(Cl)cccc1NC(=S)N(Cc1cccs1)[C@@H]1CCS(=O)(=O)C1. The second kappa shape index (κ2) is 7.61. The van der Waals surface area contributed by atoms with Gasteiger partial charge in [0.25, 0.3) is 0 Å². The first-order chi connectivity index (χ1) is 11.9. The van der Waals surface area contributed by atoms with E-state index in [0.717, 1.165) is 16.1 Å². The molecule has 0 spiro atoms. The molecule has 0 saturated carbocycles. The maximum absolute atomic E-state index is 11.9. The Bertz CT molecular complexity index is 866. The number of sulfone groups is 1. The molecule has 2 aromatic rings. The van der Waals surface area contributed by atoms with Gasteiger partial charge in [0.1, 0.15) is 0 Å². The van der Waals surface area contributed by atoms with Crippen molar-refractivity contribution in [3.8, 4) is 0 Å². The molecule has 1 saturated heterocycles. The Morgan fingerprint density at radius 1 is 1.40 bits per heavy atom. The highest BCUT2D eigenvalue weighted by atomic mass is 35.5. The monoisotopic (exact) mass is 414 g/mol. The molecule has 0 aliphatic carbocycles. The van der Waals surface area contributed by atoms with E-state index in [9.17, 15) is 8.42 Å². The summed E-state index contributed by atoms with van der Waals surface area (Å²) in [5, 5.41) is 6.46. The molecule has 25 heavy (non-hydrogen) atoms. The van der Waals surface area contributed by atoms with Gasteiger partial charge in [-0.3, -0.25) is 0 Å². The van der Waals surface area contributed by atoms with Crippen molar-refractivity contribution in [1.29, 1.82) is 0 Å². The number of rotatable bonds is 4. The van der Waals surface area contributed by atoms with Crippen molar-refractivity contribution < 1.29 is 8.42 Å². The van der Waals surface area contributed by atoms with Crippen LogP contribution in [0.2, 0.25) is 5.02 Å². The molecule has 1 aromatic carbocycles. The average Bonchev–Trinajstić information content (AvgIpc) is 3.18. The predicted molar refractivity (Wildman–Crippen MR) is 109 cm³/mol. The Labute approximate surface area is 162 Å². The van der Waals surface area contributed by atoms with Gasteiger partial charge < -0.3 is 10.2 Å². The maximum atomic E-state index is 11.9. The van der Waals surface area contributed by atoms with Crippen molar-refractivity contribution in [2.75, 3.05) is 16.8 Å². The topological polar surface area (TPSA) is 49.4 Å². The number of nitrogens with one attached hydrogen (secondary N) is 1. The second-order valence-electron chi connectivity index (χ2n) is 6.11. The molecule has 1 aliphatic heterocycles. The lowest BCUT2D eigenvalue weighted by molar-refractivity contribution is 0.335. The summed E-state index contributed by atoms with van der Waals surface area (Å²) in [6, 6.07) is 9.53. The lowest BCUT2D eigenvalue weighted by Crippen LogP contribution is -2.42. The van der Waals surface area contributed by atoms with E-state index < -0.39 is 9.84 Å². The van der Waals surface area contributed by atoms with E-state index in [1.54, 1.807) is 11.3 Å². The smallest absolute Gasteiger partial charge is 0.174 e. The van der Waals surface area contributed by atoms with Crippen LogP contribution in [-0.2, 0) is 16.4 Å². The molecule has 1 aliphatic rings. The van der Waals surface area contributed by atoms with Gasteiger partial charge in [0.15, 0.2) is 14.9 Å². The first kappa shape index (κ1) is 18.6. The number of anilines is 1. The van der Waals surface area contributed by atoms with Gasteiger partial charge in [-0.2, -0.15) is 0 Å². The fraction of sp³-hybridized carbons (Fsp3) is 0.353. The number of thiophene rings is 1. The molecule has 2 heterocycles. The number of nitrogens with zero attached hydrogens (tertiary/aromatic N) is 1. The van der Waals surface area contributed by atoms with Gasteiger partial charge in [0, 0.05) is 21.6 Å². The average molecular weight is 415 g/mol. The van der Waals surface area contributed by atoms with Crippen LogP contribution in [0.15, 0.2) is 35.7 Å². The molecule has 0 bridgehead atoms. The highest BCUT2D eigenvalue weighted by Gasteiger charge is 2.33. The minimum Gasteiger partial charge on any atom is -0.340 e. The molecule has 134 valence electrons. The van der Waals surface area contributed by atoms with Crippen LogP contribution in [-0.4, -0.2) is 36.0 Å². The Balaban J connectivity index is 1.83. The van der Waals surface area contributed by atoms with Gasteiger partial charge in [-0.1, -0.05) is 23.7 Å². The van der Waals surface area contributed by atoms with E-state index >= 15 is 0 Å². The minimum atomic E-state index is -2.99. The second-order valence-corrected chi connectivity index (χ2v) is 10.2. The van der Waals surface area contributed by atoms with Crippen LogP contribution in [0.1, 0.15) is 16.9 Å². The van der Waals surface area contributed by atoms with Crippen molar-refractivity contribution in [1.82, 2.24) is 4.90 Å². The number of halogens is 1. The van der Waals surface area contributed by atoms with Crippen LogP contribution >= 0.6 is 35.2 Å². The van der Waals surface area contributed by atoms with Crippen LogP contribution in [0.5, 0.6) is 0 Å². The molecule has 4 nitrogen and oxygen atoms in total. The molecule has 1 fully saturated rings. The number of hydrogen-bond acceptors (Lipinski definition) is 4. The molecule has 0 amide bonds.